The molecule has 0 aliphatic rings. The molecule has 3 aromatic rings. The molecule has 0 fully saturated rings. The Morgan fingerprint density at radius 3 is 2.67 bits per heavy atom. The van der Waals surface area contributed by atoms with Gasteiger partial charge in [0.15, 0.2) is 0 Å². The highest BCUT2D eigenvalue weighted by Gasteiger charge is 2.17. The molecule has 0 unspecified atom stereocenters. The van der Waals surface area contributed by atoms with Crippen LogP contribution in [-0.4, -0.2) is 27.8 Å². The fourth-order valence-electron chi connectivity index (χ4n) is 2.57. The molecule has 3 N–H and O–H groups in total. The number of pyridine rings is 1. The maximum absolute atomic E-state index is 12.0. The number of hydrazone groups is 1. The molecular weight excluding hydrogens is 368 g/mol. The normalized spacial score (nSPS) is 11.3. The number of hydrogen-bond acceptors (Lipinski definition) is 4. The lowest BCUT2D eigenvalue weighted by molar-refractivity contribution is 0.0698. The molecule has 27 heavy (non-hydrogen) atoms. The van der Waals surface area contributed by atoms with Crippen molar-refractivity contribution in [2.45, 2.75) is 6.92 Å². The number of fused-ring (bicyclic) bond motifs is 1. The van der Waals surface area contributed by atoms with E-state index < -0.39 is 12.0 Å². The van der Waals surface area contributed by atoms with E-state index in [0.717, 1.165) is 0 Å². The van der Waals surface area contributed by atoms with Crippen molar-refractivity contribution in [3.05, 3.63) is 70.9 Å². The van der Waals surface area contributed by atoms with Crippen LogP contribution >= 0.6 is 11.6 Å². The summed E-state index contributed by atoms with van der Waals surface area (Å²) in [7, 11) is 0. The van der Waals surface area contributed by atoms with Crippen LogP contribution in [0.1, 0.15) is 22.8 Å². The number of aromatic carboxylic acids is 1. The number of carbonyl (C=O) groups excluding carboxylic acids is 1. The second kappa shape index (κ2) is 7.84. The molecule has 3 rings (SSSR count). The predicted octanol–water partition coefficient (Wildman–Crippen LogP) is 4.13. The zero-order valence-electron chi connectivity index (χ0n) is 14.2. The summed E-state index contributed by atoms with van der Waals surface area (Å²) in [5.41, 5.74) is 4.13. The summed E-state index contributed by atoms with van der Waals surface area (Å²) < 4.78 is 0. The van der Waals surface area contributed by atoms with Gasteiger partial charge in [-0.15, -0.1) is 0 Å². The number of benzene rings is 2. The van der Waals surface area contributed by atoms with Gasteiger partial charge in [-0.25, -0.2) is 15.0 Å². The van der Waals surface area contributed by atoms with Gasteiger partial charge in [-0.2, -0.15) is 5.10 Å². The van der Waals surface area contributed by atoms with Crippen molar-refractivity contribution in [1.82, 2.24) is 10.4 Å². The van der Waals surface area contributed by atoms with E-state index in [1.54, 1.807) is 55.5 Å². The Balaban J connectivity index is 1.84. The molecule has 2 aromatic carbocycles. The third-order valence-electron chi connectivity index (χ3n) is 3.79. The average molecular weight is 383 g/mol. The van der Waals surface area contributed by atoms with Crippen molar-refractivity contribution in [3.63, 3.8) is 0 Å². The van der Waals surface area contributed by atoms with Crippen LogP contribution in [0.4, 0.5) is 10.5 Å². The van der Waals surface area contributed by atoms with Crippen molar-refractivity contribution >= 4 is 45.9 Å². The second-order valence-corrected chi connectivity index (χ2v) is 6.08. The number of rotatable bonds is 4. The number of nitrogens with zero attached hydrogens (tertiary/aromatic N) is 2. The zero-order valence-corrected chi connectivity index (χ0v) is 15.0. The van der Waals surface area contributed by atoms with Crippen molar-refractivity contribution in [2.75, 3.05) is 5.32 Å². The lowest BCUT2D eigenvalue weighted by Gasteiger charge is -2.09. The molecule has 2 amide bonds. The van der Waals surface area contributed by atoms with Gasteiger partial charge in [0, 0.05) is 27.9 Å². The van der Waals surface area contributed by atoms with Gasteiger partial charge < -0.3 is 10.4 Å². The highest BCUT2D eigenvalue weighted by molar-refractivity contribution is 6.30. The highest BCUT2D eigenvalue weighted by Crippen LogP contribution is 2.21. The van der Waals surface area contributed by atoms with E-state index in [1.165, 1.54) is 6.20 Å². The standard InChI is InChI=1S/C19H15ClN4O3/c1-11(23-24-19(27)22-13-6-4-5-12(20)9-13)15-10-21-16-8-3-2-7-14(16)17(15)18(25)26/h2-10H,1H3,(H,25,26)(H2,22,24,27). The van der Waals surface area contributed by atoms with Crippen LogP contribution in [0, 0.1) is 0 Å². The zero-order chi connectivity index (χ0) is 19.4. The number of para-hydroxylation sites is 1. The SMILES string of the molecule is CC(=NNC(=O)Nc1cccc(Cl)c1)c1cnc2ccccc2c1C(=O)O. The summed E-state index contributed by atoms with van der Waals surface area (Å²) in [6, 6.07) is 13.0. The van der Waals surface area contributed by atoms with Crippen LogP contribution in [0.3, 0.4) is 0 Å². The lowest BCUT2D eigenvalue weighted by atomic mass is 10.0. The Hall–Kier alpha value is -3.45. The maximum Gasteiger partial charge on any atom is 0.339 e. The molecule has 0 saturated heterocycles. The number of nitrogens with one attached hydrogen (secondary N) is 2. The molecule has 0 bridgehead atoms. The number of urea groups is 1. The van der Waals surface area contributed by atoms with Crippen LogP contribution in [0.15, 0.2) is 59.8 Å². The van der Waals surface area contributed by atoms with Crippen LogP contribution in [0.5, 0.6) is 0 Å². The van der Waals surface area contributed by atoms with E-state index in [1.807, 2.05) is 0 Å². The average Bonchev–Trinajstić information content (AvgIpc) is 2.65. The first-order valence-electron chi connectivity index (χ1n) is 7.94. The Bertz CT molecular complexity index is 1070. The first-order valence-corrected chi connectivity index (χ1v) is 8.32. The topological polar surface area (TPSA) is 104 Å². The second-order valence-electron chi connectivity index (χ2n) is 5.64. The predicted molar refractivity (Wildman–Crippen MR) is 105 cm³/mol. The third-order valence-corrected chi connectivity index (χ3v) is 4.02. The quantitative estimate of drug-likeness (QED) is 0.466. The Morgan fingerprint density at radius 1 is 1.15 bits per heavy atom. The number of aromatic nitrogens is 1. The molecule has 136 valence electrons. The number of amides is 2. The Labute approximate surface area is 159 Å². The molecule has 0 atom stereocenters. The molecule has 1 aromatic heterocycles. The number of hydrogen-bond donors (Lipinski definition) is 3. The number of carboxylic acid groups (broad SMARTS) is 1. The van der Waals surface area contributed by atoms with E-state index >= 15 is 0 Å². The van der Waals surface area contributed by atoms with Gasteiger partial charge in [0.25, 0.3) is 0 Å². The molecule has 8 heteroatoms. The van der Waals surface area contributed by atoms with Crippen molar-refractivity contribution in [1.29, 1.82) is 0 Å². The number of carboxylic acids is 1. The molecule has 0 aliphatic carbocycles. The van der Waals surface area contributed by atoms with Gasteiger partial charge >= 0.3 is 12.0 Å². The lowest BCUT2D eigenvalue weighted by Crippen LogP contribution is -2.25. The van der Waals surface area contributed by atoms with Crippen LogP contribution in [0.25, 0.3) is 10.9 Å². The molecular formula is C19H15ClN4O3. The van der Waals surface area contributed by atoms with Gasteiger partial charge in [0.2, 0.25) is 0 Å². The minimum absolute atomic E-state index is 0.0823. The maximum atomic E-state index is 12.0. The molecule has 0 spiro atoms. The van der Waals surface area contributed by atoms with Crippen molar-refractivity contribution in [2.24, 2.45) is 5.10 Å². The van der Waals surface area contributed by atoms with Crippen LogP contribution in [0.2, 0.25) is 5.02 Å². The largest absolute Gasteiger partial charge is 0.478 e. The Morgan fingerprint density at radius 2 is 1.93 bits per heavy atom. The number of anilines is 1. The summed E-state index contributed by atoms with van der Waals surface area (Å²) in [6.07, 6.45) is 1.43. The number of halogens is 1. The van der Waals surface area contributed by atoms with Gasteiger partial charge in [0.05, 0.1) is 16.8 Å². The fraction of sp³-hybridized carbons (Fsp3) is 0.0526. The summed E-state index contributed by atoms with van der Waals surface area (Å²) in [6.45, 7) is 1.60. The Kier molecular flexibility index (Phi) is 5.33. The molecule has 0 aliphatic heterocycles. The van der Waals surface area contributed by atoms with E-state index in [-0.39, 0.29) is 5.56 Å². The summed E-state index contributed by atoms with van der Waals surface area (Å²) >= 11 is 5.87. The summed E-state index contributed by atoms with van der Waals surface area (Å²) in [5, 5.41) is 17.2. The van der Waals surface area contributed by atoms with E-state index in [4.69, 9.17) is 11.6 Å². The fourth-order valence-corrected chi connectivity index (χ4v) is 2.76. The van der Waals surface area contributed by atoms with Crippen LogP contribution in [-0.2, 0) is 0 Å². The molecule has 0 radical (unpaired) electrons. The highest BCUT2D eigenvalue weighted by atomic mass is 35.5. The molecule has 1 heterocycles. The van der Waals surface area contributed by atoms with E-state index in [0.29, 0.717) is 32.9 Å². The first-order chi connectivity index (χ1) is 13.0. The third kappa shape index (κ3) is 4.21. The van der Waals surface area contributed by atoms with E-state index in [9.17, 15) is 14.7 Å². The van der Waals surface area contributed by atoms with E-state index in [2.05, 4.69) is 20.8 Å². The van der Waals surface area contributed by atoms with Gasteiger partial charge in [-0.1, -0.05) is 35.9 Å². The smallest absolute Gasteiger partial charge is 0.339 e. The molecule has 0 saturated carbocycles. The monoisotopic (exact) mass is 382 g/mol. The molecule has 7 nitrogen and oxygen atoms in total. The van der Waals surface area contributed by atoms with Crippen LogP contribution < -0.4 is 10.7 Å². The minimum Gasteiger partial charge on any atom is -0.478 e. The van der Waals surface area contributed by atoms with Gasteiger partial charge in [-0.3, -0.25) is 4.98 Å². The number of carbonyl (C=O) groups is 2. The van der Waals surface area contributed by atoms with Crippen molar-refractivity contribution < 1.29 is 14.7 Å². The first kappa shape index (κ1) is 18.3. The van der Waals surface area contributed by atoms with Crippen molar-refractivity contribution in [3.8, 4) is 0 Å². The van der Waals surface area contributed by atoms with Gasteiger partial charge in [-0.05, 0) is 31.2 Å². The van der Waals surface area contributed by atoms with Gasteiger partial charge in [0.1, 0.15) is 0 Å². The summed E-state index contributed by atoms with van der Waals surface area (Å²) in [5.74, 6) is -1.10. The summed E-state index contributed by atoms with van der Waals surface area (Å²) in [4.78, 5) is 28.0. The minimum atomic E-state index is -1.10.